The van der Waals surface area contributed by atoms with Crippen molar-refractivity contribution in [1.29, 1.82) is 0 Å². The molecule has 1 N–H and O–H groups in total. The maximum atomic E-state index is 13.8. The first-order valence-electron chi connectivity index (χ1n) is 11.1. The molecule has 1 amide bonds. The lowest BCUT2D eigenvalue weighted by Crippen LogP contribution is -2.45. The van der Waals surface area contributed by atoms with E-state index in [0.29, 0.717) is 11.3 Å². The van der Waals surface area contributed by atoms with Gasteiger partial charge < -0.3 is 14.8 Å². The molecular weight excluding hydrogens is 428 g/mol. The molecule has 0 saturated carbocycles. The van der Waals surface area contributed by atoms with Gasteiger partial charge >= 0.3 is 0 Å². The van der Waals surface area contributed by atoms with Gasteiger partial charge in [-0.3, -0.25) is 4.79 Å². The van der Waals surface area contributed by atoms with Crippen LogP contribution < -0.4 is 10.1 Å². The van der Waals surface area contributed by atoms with E-state index in [0.717, 1.165) is 11.1 Å². The highest BCUT2D eigenvalue weighted by atomic mass is 16.5. The molecule has 6 nitrogen and oxygen atoms in total. The SMILES string of the molecule is COc1ccccc1C(N=C=O)NC(=O)C(OC(C)(C)C)C(c1ccccc1)c1ccccc1. The molecule has 0 radical (unpaired) electrons. The number of amides is 1. The van der Waals surface area contributed by atoms with Crippen LogP contribution in [0.2, 0.25) is 0 Å². The van der Waals surface area contributed by atoms with Gasteiger partial charge in [-0.1, -0.05) is 78.9 Å². The van der Waals surface area contributed by atoms with Crippen LogP contribution in [0, 0.1) is 0 Å². The highest BCUT2D eigenvalue weighted by Crippen LogP contribution is 2.33. The number of isocyanates is 1. The van der Waals surface area contributed by atoms with E-state index in [1.54, 1.807) is 30.3 Å². The summed E-state index contributed by atoms with van der Waals surface area (Å²) in [4.78, 5) is 28.9. The Hall–Kier alpha value is -3.73. The third-order valence-electron chi connectivity index (χ3n) is 5.25. The predicted molar refractivity (Wildman–Crippen MR) is 131 cm³/mol. The predicted octanol–water partition coefficient (Wildman–Crippen LogP) is 5.16. The standard InChI is InChI=1S/C28H30N2O4/c1-28(2,3)34-25(24(20-13-7-5-8-14-20)21-15-9-6-10-16-21)27(32)30-26(29-19-31)22-17-11-12-18-23(22)33-4/h5-18,24-26H,1-4H3,(H,30,32). The van der Waals surface area contributed by atoms with Crippen molar-refractivity contribution < 1.29 is 19.1 Å². The second kappa shape index (κ2) is 11.4. The summed E-state index contributed by atoms with van der Waals surface area (Å²) in [5.74, 6) is -0.287. The molecule has 6 heteroatoms. The van der Waals surface area contributed by atoms with E-state index < -0.39 is 23.8 Å². The molecule has 3 aromatic rings. The van der Waals surface area contributed by atoms with Crippen molar-refractivity contribution in [2.24, 2.45) is 4.99 Å². The van der Waals surface area contributed by atoms with Crippen LogP contribution in [-0.4, -0.2) is 30.8 Å². The Labute approximate surface area is 200 Å². The van der Waals surface area contributed by atoms with Gasteiger partial charge in [-0.05, 0) is 38.0 Å². The second-order valence-electron chi connectivity index (χ2n) is 8.82. The van der Waals surface area contributed by atoms with Gasteiger partial charge in [-0.25, -0.2) is 4.79 Å². The Bertz CT molecular complexity index is 1080. The Morgan fingerprint density at radius 2 is 1.41 bits per heavy atom. The van der Waals surface area contributed by atoms with Crippen molar-refractivity contribution in [2.75, 3.05) is 7.11 Å². The Morgan fingerprint density at radius 1 is 0.882 bits per heavy atom. The van der Waals surface area contributed by atoms with Gasteiger partial charge in [0.25, 0.3) is 5.91 Å². The molecule has 0 bridgehead atoms. The number of hydrogen-bond donors (Lipinski definition) is 1. The summed E-state index contributed by atoms with van der Waals surface area (Å²) in [7, 11) is 1.52. The number of hydrogen-bond acceptors (Lipinski definition) is 5. The molecule has 3 aromatic carbocycles. The van der Waals surface area contributed by atoms with E-state index >= 15 is 0 Å². The highest BCUT2D eigenvalue weighted by molar-refractivity contribution is 5.83. The average molecular weight is 459 g/mol. The Morgan fingerprint density at radius 3 is 1.91 bits per heavy atom. The highest BCUT2D eigenvalue weighted by Gasteiger charge is 2.36. The van der Waals surface area contributed by atoms with Crippen LogP contribution in [0.4, 0.5) is 0 Å². The lowest BCUT2D eigenvalue weighted by molar-refractivity contribution is -0.144. The number of para-hydroxylation sites is 1. The van der Waals surface area contributed by atoms with Crippen molar-refractivity contribution in [3.8, 4) is 5.75 Å². The van der Waals surface area contributed by atoms with E-state index in [1.807, 2.05) is 81.4 Å². The second-order valence-corrected chi connectivity index (χ2v) is 8.82. The van der Waals surface area contributed by atoms with Gasteiger partial charge in [0.15, 0.2) is 6.17 Å². The zero-order chi connectivity index (χ0) is 24.6. The van der Waals surface area contributed by atoms with E-state index in [9.17, 15) is 9.59 Å². The molecule has 0 spiro atoms. The molecule has 0 aliphatic rings. The summed E-state index contributed by atoms with van der Waals surface area (Å²) in [5.41, 5.74) is 1.81. The van der Waals surface area contributed by atoms with Crippen molar-refractivity contribution in [1.82, 2.24) is 5.32 Å². The van der Waals surface area contributed by atoms with E-state index in [-0.39, 0.29) is 5.92 Å². The van der Waals surface area contributed by atoms with Crippen LogP contribution in [0.1, 0.15) is 49.5 Å². The van der Waals surface area contributed by atoms with Crippen molar-refractivity contribution in [2.45, 2.75) is 44.6 Å². The van der Waals surface area contributed by atoms with Crippen LogP contribution in [0.5, 0.6) is 5.75 Å². The maximum Gasteiger partial charge on any atom is 0.252 e. The van der Waals surface area contributed by atoms with E-state index in [2.05, 4.69) is 10.3 Å². The number of ether oxygens (including phenoxy) is 2. The normalized spacial score (nSPS) is 13.0. The number of methoxy groups -OCH3 is 1. The van der Waals surface area contributed by atoms with Crippen LogP contribution in [0.15, 0.2) is 89.9 Å². The Kier molecular flexibility index (Phi) is 8.36. The quantitative estimate of drug-likeness (QED) is 0.355. The number of benzene rings is 3. The Balaban J connectivity index is 2.06. The number of carbonyl (C=O) groups is 1. The molecule has 176 valence electrons. The molecule has 2 unspecified atom stereocenters. The van der Waals surface area contributed by atoms with Gasteiger partial charge in [0.05, 0.1) is 12.7 Å². The average Bonchev–Trinajstić information content (AvgIpc) is 2.84. The molecule has 0 saturated heterocycles. The molecule has 0 aliphatic heterocycles. The summed E-state index contributed by atoms with van der Waals surface area (Å²) in [6, 6.07) is 26.6. The summed E-state index contributed by atoms with van der Waals surface area (Å²) < 4.78 is 11.8. The molecule has 0 fully saturated rings. The van der Waals surface area contributed by atoms with Crippen LogP contribution in [0.3, 0.4) is 0 Å². The maximum absolute atomic E-state index is 13.8. The van der Waals surface area contributed by atoms with Gasteiger partial charge in [-0.15, -0.1) is 0 Å². The van der Waals surface area contributed by atoms with Crippen LogP contribution in [-0.2, 0) is 14.3 Å². The summed E-state index contributed by atoms with van der Waals surface area (Å²) >= 11 is 0. The monoisotopic (exact) mass is 458 g/mol. The van der Waals surface area contributed by atoms with E-state index in [4.69, 9.17) is 9.47 Å². The molecule has 34 heavy (non-hydrogen) atoms. The number of rotatable bonds is 9. The molecule has 0 heterocycles. The zero-order valence-corrected chi connectivity index (χ0v) is 19.9. The molecule has 0 aliphatic carbocycles. The third kappa shape index (κ3) is 6.41. The number of carbonyl (C=O) groups excluding carboxylic acids is 2. The van der Waals surface area contributed by atoms with Crippen molar-refractivity contribution in [3.05, 3.63) is 102 Å². The number of nitrogens with one attached hydrogen (secondary N) is 1. The fourth-order valence-corrected chi connectivity index (χ4v) is 3.86. The van der Waals surface area contributed by atoms with Gasteiger partial charge in [0.2, 0.25) is 6.08 Å². The first-order valence-corrected chi connectivity index (χ1v) is 11.1. The van der Waals surface area contributed by atoms with Crippen molar-refractivity contribution >= 4 is 12.0 Å². The fraction of sp³-hybridized carbons (Fsp3) is 0.286. The molecule has 0 aromatic heterocycles. The molecule has 3 rings (SSSR count). The first-order chi connectivity index (χ1) is 16.3. The fourth-order valence-electron chi connectivity index (χ4n) is 3.86. The minimum atomic E-state index is -0.973. The van der Waals surface area contributed by atoms with Gasteiger partial charge in [0, 0.05) is 11.5 Å². The van der Waals surface area contributed by atoms with Crippen LogP contribution in [0.25, 0.3) is 0 Å². The van der Waals surface area contributed by atoms with Gasteiger partial charge in [0.1, 0.15) is 11.9 Å². The summed E-state index contributed by atoms with van der Waals surface area (Å²) in [5, 5.41) is 2.88. The summed E-state index contributed by atoms with van der Waals surface area (Å²) in [6.07, 6.45) is -0.305. The summed E-state index contributed by atoms with van der Waals surface area (Å²) in [6.45, 7) is 5.71. The zero-order valence-electron chi connectivity index (χ0n) is 19.9. The smallest absolute Gasteiger partial charge is 0.252 e. The van der Waals surface area contributed by atoms with E-state index in [1.165, 1.54) is 7.11 Å². The largest absolute Gasteiger partial charge is 0.496 e. The lowest BCUT2D eigenvalue weighted by Gasteiger charge is -2.33. The number of nitrogens with zero attached hydrogens (tertiary/aromatic N) is 1. The topological polar surface area (TPSA) is 77.0 Å². The van der Waals surface area contributed by atoms with Crippen LogP contribution >= 0.6 is 0 Å². The lowest BCUT2D eigenvalue weighted by atomic mass is 9.85. The first kappa shape index (κ1) is 24.9. The molecular formula is C28H30N2O4. The van der Waals surface area contributed by atoms with Gasteiger partial charge in [-0.2, -0.15) is 4.99 Å². The minimum absolute atomic E-state index is 0.389. The molecule has 2 atom stereocenters. The third-order valence-corrected chi connectivity index (χ3v) is 5.25. The number of aliphatic imine (C=N–C) groups is 1. The minimum Gasteiger partial charge on any atom is -0.496 e. The van der Waals surface area contributed by atoms with Crippen molar-refractivity contribution in [3.63, 3.8) is 0 Å².